The predicted octanol–water partition coefficient (Wildman–Crippen LogP) is 4.35. The minimum absolute atomic E-state index is 0.0246. The molecule has 1 N–H and O–H groups in total. The molecule has 164 valence electrons. The third-order valence-electron chi connectivity index (χ3n) is 5.39. The predicted molar refractivity (Wildman–Crippen MR) is 122 cm³/mol. The number of H-pyrrole nitrogens is 1. The van der Waals surface area contributed by atoms with E-state index in [1.807, 2.05) is 29.8 Å². The summed E-state index contributed by atoms with van der Waals surface area (Å²) in [7, 11) is 0. The van der Waals surface area contributed by atoms with Gasteiger partial charge in [-0.15, -0.1) is 10.2 Å². The first kappa shape index (κ1) is 21.5. The number of nitrogens with one attached hydrogen (secondary N) is 1. The van der Waals surface area contributed by atoms with Gasteiger partial charge in [0.15, 0.2) is 5.82 Å². The van der Waals surface area contributed by atoms with E-state index in [1.54, 1.807) is 0 Å². The van der Waals surface area contributed by atoms with Gasteiger partial charge in [-0.1, -0.05) is 69.3 Å². The normalized spacial score (nSPS) is 11.2. The first-order valence-electron chi connectivity index (χ1n) is 10.9. The number of aromatic amines is 1. The molecule has 0 radical (unpaired) electrons. The number of aryl methyl sites for hydroxylation is 1. The Balaban J connectivity index is 1.59. The van der Waals surface area contributed by atoms with E-state index in [0.29, 0.717) is 30.5 Å². The minimum atomic E-state index is -0.0246. The summed E-state index contributed by atoms with van der Waals surface area (Å²) in [5.41, 5.74) is 4.16. The molecule has 0 aliphatic carbocycles. The van der Waals surface area contributed by atoms with Crippen LogP contribution in [0.1, 0.15) is 55.6 Å². The van der Waals surface area contributed by atoms with Gasteiger partial charge in [-0.25, -0.2) is 14.8 Å². The van der Waals surface area contributed by atoms with Crippen LogP contribution in [0.5, 0.6) is 0 Å². The fourth-order valence-corrected chi connectivity index (χ4v) is 3.56. The van der Waals surface area contributed by atoms with Crippen LogP contribution in [0, 0.1) is 5.92 Å². The minimum Gasteiger partial charge on any atom is -0.291 e. The van der Waals surface area contributed by atoms with Gasteiger partial charge in [0, 0.05) is 18.4 Å². The lowest BCUT2D eigenvalue weighted by molar-refractivity contribution is 0.0978. The molecule has 4 rings (SSSR count). The van der Waals surface area contributed by atoms with E-state index < -0.39 is 0 Å². The molecule has 0 fully saturated rings. The summed E-state index contributed by atoms with van der Waals surface area (Å²) in [6.07, 6.45) is 2.21. The lowest BCUT2D eigenvalue weighted by Gasteiger charge is -2.10. The highest BCUT2D eigenvalue weighted by Gasteiger charge is 2.16. The van der Waals surface area contributed by atoms with Crippen molar-refractivity contribution in [1.29, 1.82) is 0 Å². The molecule has 2 aromatic heterocycles. The highest BCUT2D eigenvalue weighted by atomic mass is 16.1. The largest absolute Gasteiger partial charge is 0.291 e. The number of aromatic nitrogens is 7. The molecule has 0 aliphatic rings. The van der Waals surface area contributed by atoms with Crippen molar-refractivity contribution in [2.24, 2.45) is 5.92 Å². The molecule has 0 saturated carbocycles. The van der Waals surface area contributed by atoms with Gasteiger partial charge in [-0.2, -0.15) is 0 Å². The van der Waals surface area contributed by atoms with E-state index >= 15 is 0 Å². The van der Waals surface area contributed by atoms with Gasteiger partial charge in [-0.05, 0) is 39.5 Å². The first-order chi connectivity index (χ1) is 15.5. The van der Waals surface area contributed by atoms with Gasteiger partial charge in [0.1, 0.15) is 5.82 Å². The zero-order valence-electron chi connectivity index (χ0n) is 18.6. The van der Waals surface area contributed by atoms with E-state index in [9.17, 15) is 4.79 Å². The van der Waals surface area contributed by atoms with Crippen molar-refractivity contribution in [2.45, 2.75) is 46.6 Å². The van der Waals surface area contributed by atoms with Crippen LogP contribution in [0.4, 0.5) is 0 Å². The summed E-state index contributed by atoms with van der Waals surface area (Å²) in [4.78, 5) is 16.7. The molecule has 0 atom stereocenters. The molecule has 8 nitrogen and oxygen atoms in total. The summed E-state index contributed by atoms with van der Waals surface area (Å²) in [5, 5.41) is 18.8. The van der Waals surface area contributed by atoms with Gasteiger partial charge in [0.2, 0.25) is 11.6 Å². The molecule has 0 bridgehead atoms. The molecule has 0 unspecified atom stereocenters. The third-order valence-corrected chi connectivity index (χ3v) is 5.39. The van der Waals surface area contributed by atoms with Gasteiger partial charge in [-0.3, -0.25) is 4.79 Å². The number of Topliss-reactive ketones (excluding diaryl/α,β-unsaturated/α-hetero) is 1. The van der Waals surface area contributed by atoms with E-state index in [1.165, 1.54) is 0 Å². The molecule has 0 spiro atoms. The Morgan fingerprint density at radius 1 is 1.06 bits per heavy atom. The fraction of sp³-hybridized carbons (Fsp3) is 0.333. The summed E-state index contributed by atoms with van der Waals surface area (Å²) < 4.78 is 1.87. The highest BCUT2D eigenvalue weighted by Crippen LogP contribution is 2.29. The maximum atomic E-state index is 12.1. The van der Waals surface area contributed by atoms with Crippen LogP contribution in [-0.4, -0.2) is 41.2 Å². The van der Waals surface area contributed by atoms with Crippen molar-refractivity contribution < 1.29 is 4.79 Å². The molecule has 32 heavy (non-hydrogen) atoms. The van der Waals surface area contributed by atoms with Crippen molar-refractivity contribution in [3.05, 3.63) is 65.7 Å². The highest BCUT2D eigenvalue weighted by molar-refractivity contribution is 5.92. The lowest BCUT2D eigenvalue weighted by atomic mass is 9.98. The summed E-state index contributed by atoms with van der Waals surface area (Å²) >= 11 is 0. The molecular weight excluding hydrogens is 402 g/mol. The zero-order valence-corrected chi connectivity index (χ0v) is 18.6. The van der Waals surface area contributed by atoms with Crippen molar-refractivity contribution in [3.8, 4) is 22.5 Å². The average Bonchev–Trinajstić information content (AvgIpc) is 3.48. The molecule has 0 saturated heterocycles. The van der Waals surface area contributed by atoms with Crippen LogP contribution in [0.25, 0.3) is 22.5 Å². The van der Waals surface area contributed by atoms with Crippen molar-refractivity contribution in [2.75, 3.05) is 0 Å². The van der Waals surface area contributed by atoms with Gasteiger partial charge in [0.25, 0.3) is 0 Å². The number of carbonyl (C=O) groups is 1. The van der Waals surface area contributed by atoms with Gasteiger partial charge < -0.3 is 0 Å². The Hall–Kier alpha value is -3.68. The second-order valence-electron chi connectivity index (χ2n) is 8.21. The molecule has 0 amide bonds. The van der Waals surface area contributed by atoms with Crippen LogP contribution in [0.15, 0.2) is 48.5 Å². The average molecular weight is 430 g/mol. The Morgan fingerprint density at radius 2 is 1.81 bits per heavy atom. The topological polar surface area (TPSA) is 102 Å². The van der Waals surface area contributed by atoms with Crippen molar-refractivity contribution in [3.63, 3.8) is 0 Å². The summed E-state index contributed by atoms with van der Waals surface area (Å²) in [6.45, 7) is 6.78. The Bertz CT molecular complexity index is 1180. The standard InChI is InChI=1S/C24H27N7O/c1-4-21(32)24-25-22(14-9-16(2)3)31(28-24)15-17-10-12-18(13-11-17)19-7-5-6-8-20(19)23-26-29-30-27-23/h5-8,10-13,16H,4,9,14-15H2,1-3H3,(H,26,27,29,30). The Morgan fingerprint density at radius 3 is 2.47 bits per heavy atom. The fourth-order valence-electron chi connectivity index (χ4n) is 3.56. The maximum absolute atomic E-state index is 12.1. The first-order valence-corrected chi connectivity index (χ1v) is 10.9. The maximum Gasteiger partial charge on any atom is 0.217 e. The van der Waals surface area contributed by atoms with Crippen LogP contribution in [0.2, 0.25) is 0 Å². The Labute approximate surface area is 187 Å². The number of rotatable bonds is 9. The molecular formula is C24H27N7O. The van der Waals surface area contributed by atoms with Crippen LogP contribution < -0.4 is 0 Å². The number of ketones is 1. The smallest absolute Gasteiger partial charge is 0.217 e. The van der Waals surface area contributed by atoms with Crippen LogP contribution in [-0.2, 0) is 13.0 Å². The van der Waals surface area contributed by atoms with Crippen LogP contribution in [0.3, 0.4) is 0 Å². The lowest BCUT2D eigenvalue weighted by Crippen LogP contribution is -2.08. The molecule has 8 heteroatoms. The number of benzene rings is 2. The van der Waals surface area contributed by atoms with E-state index in [-0.39, 0.29) is 5.78 Å². The van der Waals surface area contributed by atoms with Crippen molar-refractivity contribution in [1.82, 2.24) is 35.4 Å². The number of nitrogens with zero attached hydrogens (tertiary/aromatic N) is 6. The monoisotopic (exact) mass is 429 g/mol. The third kappa shape index (κ3) is 4.80. The summed E-state index contributed by atoms with van der Waals surface area (Å²) in [5.74, 6) is 2.35. The zero-order chi connectivity index (χ0) is 22.5. The number of hydrogen-bond acceptors (Lipinski definition) is 6. The molecule has 0 aliphatic heterocycles. The van der Waals surface area contributed by atoms with Gasteiger partial charge in [0.05, 0.1) is 6.54 Å². The molecule has 2 aromatic carbocycles. The van der Waals surface area contributed by atoms with E-state index in [0.717, 1.165) is 40.9 Å². The number of carbonyl (C=O) groups excluding carboxylic acids is 1. The van der Waals surface area contributed by atoms with Gasteiger partial charge >= 0.3 is 0 Å². The van der Waals surface area contributed by atoms with E-state index in [2.05, 4.69) is 74.9 Å². The molecule has 4 aromatic rings. The molecule has 2 heterocycles. The summed E-state index contributed by atoms with van der Waals surface area (Å²) in [6, 6.07) is 16.3. The number of hydrogen-bond donors (Lipinski definition) is 1. The quantitative estimate of drug-likeness (QED) is 0.397. The van der Waals surface area contributed by atoms with Crippen LogP contribution >= 0.6 is 0 Å². The van der Waals surface area contributed by atoms with Crippen molar-refractivity contribution >= 4 is 5.78 Å². The number of tetrazole rings is 1. The Kier molecular flexibility index (Phi) is 6.49. The second kappa shape index (κ2) is 9.64. The SMILES string of the molecule is CCC(=O)c1nc(CCC(C)C)n(Cc2ccc(-c3ccccc3-c3nnn[nH]3)cc2)n1. The second-order valence-corrected chi connectivity index (χ2v) is 8.21. The van der Waals surface area contributed by atoms with E-state index in [4.69, 9.17) is 0 Å².